The quantitative estimate of drug-likeness (QED) is 0.713. The highest BCUT2D eigenvalue weighted by Gasteiger charge is 2.35. The van der Waals surface area contributed by atoms with E-state index in [0.29, 0.717) is 13.1 Å². The first-order valence-corrected chi connectivity index (χ1v) is 11.5. The molecule has 2 unspecified atom stereocenters. The number of rotatable bonds is 3. The fourth-order valence-corrected chi connectivity index (χ4v) is 4.37. The van der Waals surface area contributed by atoms with E-state index in [0.717, 1.165) is 36.0 Å². The third-order valence-electron chi connectivity index (χ3n) is 5.11. The third kappa shape index (κ3) is 4.78. The second kappa shape index (κ2) is 7.55. The van der Waals surface area contributed by atoms with Gasteiger partial charge in [0, 0.05) is 30.7 Å². The molecule has 156 valence electrons. The van der Waals surface area contributed by atoms with Crippen molar-refractivity contribution in [1.29, 1.82) is 0 Å². The molecule has 0 aromatic heterocycles. The van der Waals surface area contributed by atoms with E-state index >= 15 is 0 Å². The Labute approximate surface area is 167 Å². The Balaban J connectivity index is 1.91. The molecule has 0 saturated carbocycles. The number of carbonyl (C=O) groups is 1. The zero-order chi connectivity index (χ0) is 20.7. The standard InChI is InChI=1S/C20H30N2O5S/c1-14-11-21(19(23)27-20(2,3)4)12-15-7-6-8-17-16(13-26-28(5,24)25)9-10-22(14)18(15)17/h6-8,14,16H,9-13H2,1-5H3. The molecular weight excluding hydrogens is 380 g/mol. The number of hydrogen-bond acceptors (Lipinski definition) is 6. The Morgan fingerprint density at radius 2 is 2.00 bits per heavy atom. The van der Waals surface area contributed by atoms with Crippen LogP contribution in [-0.4, -0.2) is 57.0 Å². The highest BCUT2D eigenvalue weighted by Crippen LogP contribution is 2.41. The van der Waals surface area contributed by atoms with E-state index in [-0.39, 0.29) is 24.7 Å². The van der Waals surface area contributed by atoms with Crippen molar-refractivity contribution in [3.8, 4) is 0 Å². The zero-order valence-electron chi connectivity index (χ0n) is 17.3. The SMILES string of the molecule is CC1CN(C(=O)OC(C)(C)C)Cc2cccc3c2N1CCC3COS(C)(=O)=O. The Hall–Kier alpha value is -1.80. The molecule has 0 aliphatic carbocycles. The van der Waals surface area contributed by atoms with Crippen molar-refractivity contribution in [1.82, 2.24) is 4.90 Å². The molecule has 2 aliphatic rings. The Morgan fingerprint density at radius 1 is 1.29 bits per heavy atom. The minimum absolute atomic E-state index is 0.0150. The summed E-state index contributed by atoms with van der Waals surface area (Å²) < 4.78 is 33.5. The van der Waals surface area contributed by atoms with Gasteiger partial charge in [0.2, 0.25) is 0 Å². The maximum absolute atomic E-state index is 12.7. The summed E-state index contributed by atoms with van der Waals surface area (Å²) in [7, 11) is -3.48. The summed E-state index contributed by atoms with van der Waals surface area (Å²) in [6.45, 7) is 9.70. The molecule has 1 aromatic rings. The molecule has 2 aliphatic heterocycles. The van der Waals surface area contributed by atoms with E-state index in [1.807, 2.05) is 39.0 Å². The molecule has 1 aromatic carbocycles. The first kappa shape index (κ1) is 20.9. The molecule has 0 fully saturated rings. The van der Waals surface area contributed by atoms with Gasteiger partial charge < -0.3 is 14.5 Å². The minimum atomic E-state index is -3.48. The molecule has 3 rings (SSSR count). The van der Waals surface area contributed by atoms with Crippen LogP contribution < -0.4 is 4.90 Å². The van der Waals surface area contributed by atoms with Crippen LogP contribution in [0.4, 0.5) is 10.5 Å². The molecular formula is C20H30N2O5S. The number of anilines is 1. The number of carbonyl (C=O) groups excluding carboxylic acids is 1. The molecule has 2 atom stereocenters. The molecule has 0 spiro atoms. The molecule has 0 N–H and O–H groups in total. The van der Waals surface area contributed by atoms with E-state index in [1.54, 1.807) is 4.90 Å². The molecule has 0 radical (unpaired) electrons. The first-order chi connectivity index (χ1) is 12.9. The van der Waals surface area contributed by atoms with Gasteiger partial charge in [-0.15, -0.1) is 0 Å². The first-order valence-electron chi connectivity index (χ1n) is 9.65. The van der Waals surface area contributed by atoms with E-state index in [9.17, 15) is 13.2 Å². The number of amides is 1. The number of benzene rings is 1. The summed E-state index contributed by atoms with van der Waals surface area (Å²) in [6, 6.07) is 6.17. The summed E-state index contributed by atoms with van der Waals surface area (Å²) in [5.41, 5.74) is 2.70. The van der Waals surface area contributed by atoms with Gasteiger partial charge in [-0.25, -0.2) is 4.79 Å². The fraction of sp³-hybridized carbons (Fsp3) is 0.650. The number of ether oxygens (including phenoxy) is 1. The van der Waals surface area contributed by atoms with Crippen LogP contribution in [0.15, 0.2) is 18.2 Å². The normalized spacial score (nSPS) is 22.5. The van der Waals surface area contributed by atoms with Crippen LogP contribution >= 0.6 is 0 Å². The van der Waals surface area contributed by atoms with Crippen LogP contribution in [0.1, 0.15) is 51.2 Å². The summed E-state index contributed by atoms with van der Waals surface area (Å²) in [5, 5.41) is 0. The second-order valence-corrected chi connectivity index (χ2v) is 10.4. The van der Waals surface area contributed by atoms with Gasteiger partial charge in [-0.2, -0.15) is 8.42 Å². The Morgan fingerprint density at radius 3 is 2.64 bits per heavy atom. The average Bonchev–Trinajstić information content (AvgIpc) is 2.70. The van der Waals surface area contributed by atoms with Crippen molar-refractivity contribution in [2.24, 2.45) is 0 Å². The van der Waals surface area contributed by atoms with Gasteiger partial charge in [0.15, 0.2) is 0 Å². The highest BCUT2D eigenvalue weighted by atomic mass is 32.2. The van der Waals surface area contributed by atoms with Gasteiger partial charge in [0.05, 0.1) is 19.4 Å². The van der Waals surface area contributed by atoms with Crippen LogP contribution in [0.3, 0.4) is 0 Å². The van der Waals surface area contributed by atoms with Crippen LogP contribution in [0, 0.1) is 0 Å². The fourth-order valence-electron chi connectivity index (χ4n) is 3.95. The lowest BCUT2D eigenvalue weighted by Crippen LogP contribution is -2.45. The van der Waals surface area contributed by atoms with Gasteiger partial charge in [0.25, 0.3) is 10.1 Å². The van der Waals surface area contributed by atoms with Crippen molar-refractivity contribution in [2.45, 2.75) is 58.2 Å². The minimum Gasteiger partial charge on any atom is -0.444 e. The third-order valence-corrected chi connectivity index (χ3v) is 5.67. The van der Waals surface area contributed by atoms with Gasteiger partial charge in [-0.05, 0) is 45.2 Å². The van der Waals surface area contributed by atoms with Crippen molar-refractivity contribution < 1.29 is 22.1 Å². The summed E-state index contributed by atoms with van der Waals surface area (Å²) in [5.74, 6) is 0.0150. The van der Waals surface area contributed by atoms with Crippen molar-refractivity contribution >= 4 is 21.9 Å². The highest BCUT2D eigenvalue weighted by molar-refractivity contribution is 7.85. The summed E-state index contributed by atoms with van der Waals surface area (Å²) >= 11 is 0. The van der Waals surface area contributed by atoms with Gasteiger partial charge in [-0.1, -0.05) is 18.2 Å². The topological polar surface area (TPSA) is 76.2 Å². The van der Waals surface area contributed by atoms with Crippen LogP contribution in [-0.2, 0) is 25.6 Å². The maximum atomic E-state index is 12.7. The smallest absolute Gasteiger partial charge is 0.410 e. The largest absolute Gasteiger partial charge is 0.444 e. The zero-order valence-corrected chi connectivity index (χ0v) is 18.1. The number of nitrogens with zero attached hydrogens (tertiary/aromatic N) is 2. The van der Waals surface area contributed by atoms with Crippen LogP contribution in [0.2, 0.25) is 0 Å². The number of hydrogen-bond donors (Lipinski definition) is 0. The van der Waals surface area contributed by atoms with E-state index < -0.39 is 15.7 Å². The van der Waals surface area contributed by atoms with Gasteiger partial charge >= 0.3 is 6.09 Å². The van der Waals surface area contributed by atoms with Crippen molar-refractivity contribution in [3.63, 3.8) is 0 Å². The van der Waals surface area contributed by atoms with Gasteiger partial charge in [-0.3, -0.25) is 4.18 Å². The second-order valence-electron chi connectivity index (χ2n) is 8.73. The summed E-state index contributed by atoms with van der Waals surface area (Å²) in [6.07, 6.45) is 1.57. The van der Waals surface area contributed by atoms with Crippen molar-refractivity contribution in [2.75, 3.05) is 30.9 Å². The summed E-state index contributed by atoms with van der Waals surface area (Å²) in [4.78, 5) is 16.8. The lowest BCUT2D eigenvalue weighted by atomic mass is 9.88. The van der Waals surface area contributed by atoms with E-state index in [4.69, 9.17) is 8.92 Å². The molecule has 2 heterocycles. The van der Waals surface area contributed by atoms with E-state index in [2.05, 4.69) is 11.8 Å². The molecule has 0 bridgehead atoms. The van der Waals surface area contributed by atoms with Crippen LogP contribution in [0.25, 0.3) is 0 Å². The lowest BCUT2D eigenvalue weighted by Gasteiger charge is -2.39. The molecule has 0 saturated heterocycles. The van der Waals surface area contributed by atoms with Crippen molar-refractivity contribution in [3.05, 3.63) is 29.3 Å². The monoisotopic (exact) mass is 410 g/mol. The molecule has 7 nitrogen and oxygen atoms in total. The van der Waals surface area contributed by atoms with Gasteiger partial charge in [0.1, 0.15) is 5.60 Å². The van der Waals surface area contributed by atoms with Crippen LogP contribution in [0.5, 0.6) is 0 Å². The molecule has 1 amide bonds. The Bertz CT molecular complexity index is 847. The van der Waals surface area contributed by atoms with E-state index in [1.165, 1.54) is 0 Å². The predicted octanol–water partition coefficient (Wildman–Crippen LogP) is 3.10. The average molecular weight is 411 g/mol. The Kier molecular flexibility index (Phi) is 5.64. The lowest BCUT2D eigenvalue weighted by molar-refractivity contribution is 0.0229. The molecule has 8 heteroatoms. The molecule has 28 heavy (non-hydrogen) atoms. The maximum Gasteiger partial charge on any atom is 0.410 e. The number of para-hydroxylation sites is 1. The predicted molar refractivity (Wildman–Crippen MR) is 108 cm³/mol.